The first-order valence-electron chi connectivity index (χ1n) is 9.91. The predicted molar refractivity (Wildman–Crippen MR) is 116 cm³/mol. The molecule has 150 valence electrons. The third-order valence-corrected chi connectivity index (χ3v) is 4.97. The van der Waals surface area contributed by atoms with Crippen molar-refractivity contribution in [1.29, 1.82) is 0 Å². The summed E-state index contributed by atoms with van der Waals surface area (Å²) in [5, 5.41) is 2.86. The molecule has 0 aliphatic heterocycles. The summed E-state index contributed by atoms with van der Waals surface area (Å²) in [5.41, 5.74) is 1.56. The highest BCUT2D eigenvalue weighted by Crippen LogP contribution is 2.40. The van der Waals surface area contributed by atoms with Gasteiger partial charge in [0.25, 0.3) is 0 Å². The Bertz CT molecular complexity index is 953. The number of aromatic amines is 1. The number of imidazole rings is 1. The van der Waals surface area contributed by atoms with Crippen LogP contribution in [-0.4, -0.2) is 22.6 Å². The Morgan fingerprint density at radius 3 is 1.77 bits per heavy atom. The molecule has 0 radical (unpaired) electrons. The second-order valence-electron chi connectivity index (χ2n) is 6.88. The Labute approximate surface area is 175 Å². The molecule has 1 heterocycles. The molecule has 0 spiro atoms. The van der Waals surface area contributed by atoms with Crippen molar-refractivity contribution in [3.8, 4) is 0 Å². The molecule has 0 saturated heterocycles. The summed E-state index contributed by atoms with van der Waals surface area (Å²) in [5.74, 6) is 0.816. The average Bonchev–Trinajstić information content (AvgIpc) is 3.33. The van der Waals surface area contributed by atoms with Crippen LogP contribution in [0, 0.1) is 0 Å². The van der Waals surface area contributed by atoms with E-state index in [9.17, 15) is 4.79 Å². The van der Waals surface area contributed by atoms with E-state index < -0.39 is 11.7 Å². The highest BCUT2D eigenvalue weighted by Gasteiger charge is 2.40. The average molecular weight is 397 g/mol. The zero-order valence-electron chi connectivity index (χ0n) is 16.5. The minimum Gasteiger partial charge on any atom is -0.428 e. The van der Waals surface area contributed by atoms with Crippen LogP contribution in [-0.2, 0) is 16.8 Å². The minimum atomic E-state index is -1.07. The molecule has 0 aliphatic rings. The molecule has 0 bridgehead atoms. The number of aromatic nitrogens is 2. The van der Waals surface area contributed by atoms with Crippen LogP contribution in [0.15, 0.2) is 103 Å². The zero-order valence-corrected chi connectivity index (χ0v) is 16.5. The number of hydrogen-bond acceptors (Lipinski definition) is 3. The predicted octanol–water partition coefficient (Wildman–Crippen LogP) is 4.67. The number of nitrogens with one attached hydrogen (secondary N) is 2. The Morgan fingerprint density at radius 2 is 1.33 bits per heavy atom. The van der Waals surface area contributed by atoms with Crippen molar-refractivity contribution in [2.45, 2.75) is 12.0 Å². The highest BCUT2D eigenvalue weighted by molar-refractivity contribution is 5.70. The quantitative estimate of drug-likeness (QED) is 0.445. The Kier molecular flexibility index (Phi) is 5.90. The molecular weight excluding hydrogens is 374 g/mol. The number of nitrogens with zero attached hydrogens (tertiary/aromatic N) is 1. The maximum Gasteiger partial charge on any atom is 0.408 e. The van der Waals surface area contributed by atoms with E-state index in [0.29, 0.717) is 13.0 Å². The number of benzene rings is 3. The lowest BCUT2D eigenvalue weighted by Crippen LogP contribution is -2.39. The van der Waals surface area contributed by atoms with Crippen molar-refractivity contribution < 1.29 is 9.53 Å². The number of H-pyrrole nitrogens is 1. The lowest BCUT2D eigenvalue weighted by atomic mass is 9.80. The van der Waals surface area contributed by atoms with Crippen LogP contribution < -0.4 is 5.32 Å². The highest BCUT2D eigenvalue weighted by atomic mass is 16.6. The number of amides is 1. The number of alkyl carbamates (subject to hydrolysis) is 1. The van der Waals surface area contributed by atoms with E-state index in [0.717, 1.165) is 22.5 Å². The van der Waals surface area contributed by atoms with Gasteiger partial charge in [-0.05, 0) is 0 Å². The van der Waals surface area contributed by atoms with Gasteiger partial charge >= 0.3 is 6.09 Å². The van der Waals surface area contributed by atoms with Crippen LogP contribution in [0.2, 0.25) is 0 Å². The lowest BCUT2D eigenvalue weighted by Gasteiger charge is -2.35. The van der Waals surface area contributed by atoms with Crippen LogP contribution >= 0.6 is 0 Å². The monoisotopic (exact) mass is 397 g/mol. The van der Waals surface area contributed by atoms with Gasteiger partial charge in [0, 0.05) is 42.0 Å². The van der Waals surface area contributed by atoms with Crippen molar-refractivity contribution in [3.63, 3.8) is 0 Å². The SMILES string of the molecule is O=C(NCCc1ncc[nH]1)OC(c1ccccc1)(c1ccccc1)c1ccccc1. The fourth-order valence-corrected chi connectivity index (χ4v) is 3.59. The van der Waals surface area contributed by atoms with Crippen molar-refractivity contribution in [2.24, 2.45) is 0 Å². The standard InChI is InChI=1S/C25H23N3O2/c29-24(28-17-16-23-26-18-19-27-23)30-25(20-10-4-1-5-11-20,21-12-6-2-7-13-21)22-14-8-3-9-15-22/h1-15,18-19H,16-17H2,(H,26,27)(H,28,29). The van der Waals surface area contributed by atoms with Crippen molar-refractivity contribution >= 4 is 6.09 Å². The van der Waals surface area contributed by atoms with E-state index in [2.05, 4.69) is 15.3 Å². The minimum absolute atomic E-state index is 0.417. The third-order valence-electron chi connectivity index (χ3n) is 4.97. The molecule has 30 heavy (non-hydrogen) atoms. The van der Waals surface area contributed by atoms with Crippen molar-refractivity contribution in [3.05, 3.63) is 126 Å². The van der Waals surface area contributed by atoms with Gasteiger partial charge in [-0.1, -0.05) is 91.0 Å². The molecule has 4 rings (SSSR count). The molecule has 0 saturated carbocycles. The maximum absolute atomic E-state index is 12.9. The lowest BCUT2D eigenvalue weighted by molar-refractivity contribution is 0.0669. The number of hydrogen-bond donors (Lipinski definition) is 2. The zero-order chi connectivity index (χ0) is 20.7. The van der Waals surface area contributed by atoms with Gasteiger partial charge < -0.3 is 15.0 Å². The van der Waals surface area contributed by atoms with Crippen LogP contribution in [0.5, 0.6) is 0 Å². The van der Waals surface area contributed by atoms with Gasteiger partial charge in [0.15, 0.2) is 5.60 Å². The van der Waals surface area contributed by atoms with Crippen molar-refractivity contribution in [2.75, 3.05) is 6.54 Å². The first-order chi connectivity index (χ1) is 14.8. The van der Waals surface area contributed by atoms with E-state index in [1.54, 1.807) is 12.4 Å². The van der Waals surface area contributed by atoms with Gasteiger partial charge in [0.05, 0.1) is 0 Å². The number of ether oxygens (including phenoxy) is 1. The Morgan fingerprint density at radius 1 is 0.833 bits per heavy atom. The summed E-state index contributed by atoms with van der Waals surface area (Å²) in [6.45, 7) is 0.417. The van der Waals surface area contributed by atoms with E-state index in [4.69, 9.17) is 4.74 Å². The first-order valence-corrected chi connectivity index (χ1v) is 9.91. The van der Waals surface area contributed by atoms with Gasteiger partial charge in [-0.25, -0.2) is 9.78 Å². The Hall–Kier alpha value is -3.86. The molecule has 5 heteroatoms. The number of carbonyl (C=O) groups excluding carboxylic acids is 1. The third kappa shape index (κ3) is 4.10. The molecule has 1 aromatic heterocycles. The van der Waals surface area contributed by atoms with Crippen molar-refractivity contribution in [1.82, 2.24) is 15.3 Å². The summed E-state index contributed by atoms with van der Waals surface area (Å²) in [4.78, 5) is 20.2. The second kappa shape index (κ2) is 9.09. The molecule has 5 nitrogen and oxygen atoms in total. The smallest absolute Gasteiger partial charge is 0.408 e. The van der Waals surface area contributed by atoms with E-state index in [-0.39, 0.29) is 0 Å². The summed E-state index contributed by atoms with van der Waals surface area (Å²) in [6.07, 6.45) is 3.56. The fourth-order valence-electron chi connectivity index (χ4n) is 3.59. The topological polar surface area (TPSA) is 67.0 Å². The molecule has 0 fully saturated rings. The number of carbonyl (C=O) groups is 1. The first kappa shape index (κ1) is 19.5. The molecule has 1 amide bonds. The summed E-state index contributed by atoms with van der Waals surface area (Å²) < 4.78 is 6.24. The molecule has 0 aliphatic carbocycles. The largest absolute Gasteiger partial charge is 0.428 e. The molecule has 2 N–H and O–H groups in total. The van der Waals surface area contributed by atoms with Gasteiger partial charge in [0.1, 0.15) is 5.82 Å². The van der Waals surface area contributed by atoms with Crippen LogP contribution in [0.1, 0.15) is 22.5 Å². The normalized spacial score (nSPS) is 11.1. The van der Waals surface area contributed by atoms with Gasteiger partial charge in [-0.2, -0.15) is 0 Å². The molecule has 0 unspecified atom stereocenters. The van der Waals surface area contributed by atoms with Gasteiger partial charge in [-0.3, -0.25) is 0 Å². The summed E-state index contributed by atoms with van der Waals surface area (Å²) in [7, 11) is 0. The summed E-state index contributed by atoms with van der Waals surface area (Å²) in [6, 6.07) is 29.5. The maximum atomic E-state index is 12.9. The molecule has 0 atom stereocenters. The number of rotatable bonds is 7. The van der Waals surface area contributed by atoms with Gasteiger partial charge in [-0.15, -0.1) is 0 Å². The van der Waals surface area contributed by atoms with Crippen LogP contribution in [0.3, 0.4) is 0 Å². The van der Waals surface area contributed by atoms with E-state index in [1.165, 1.54) is 0 Å². The molecule has 4 aromatic rings. The summed E-state index contributed by atoms with van der Waals surface area (Å²) >= 11 is 0. The Balaban J connectivity index is 1.70. The molecular formula is C25H23N3O2. The second-order valence-corrected chi connectivity index (χ2v) is 6.88. The molecule has 3 aromatic carbocycles. The van der Waals surface area contributed by atoms with E-state index in [1.807, 2.05) is 91.0 Å². The van der Waals surface area contributed by atoms with Crippen LogP contribution in [0.4, 0.5) is 4.79 Å². The fraction of sp³-hybridized carbons (Fsp3) is 0.120. The van der Waals surface area contributed by atoms with Gasteiger partial charge in [0.2, 0.25) is 0 Å². The van der Waals surface area contributed by atoms with Crippen LogP contribution in [0.25, 0.3) is 0 Å². The van der Waals surface area contributed by atoms with E-state index >= 15 is 0 Å².